The lowest BCUT2D eigenvalue weighted by Gasteiger charge is -2.14. The van der Waals surface area contributed by atoms with Gasteiger partial charge in [0.15, 0.2) is 0 Å². The van der Waals surface area contributed by atoms with Crippen LogP contribution in [0.15, 0.2) is 23.2 Å². The second kappa shape index (κ2) is 8.41. The van der Waals surface area contributed by atoms with Gasteiger partial charge >= 0.3 is 0 Å². The van der Waals surface area contributed by atoms with Crippen LogP contribution in [0.2, 0.25) is 0 Å². The monoisotopic (exact) mass is 329 g/mol. The van der Waals surface area contributed by atoms with E-state index in [0.717, 1.165) is 19.3 Å². The molecular weight excluding hydrogens is 306 g/mol. The van der Waals surface area contributed by atoms with Crippen molar-refractivity contribution in [3.8, 4) is 0 Å². The molecule has 3 N–H and O–H groups in total. The van der Waals surface area contributed by atoms with Crippen molar-refractivity contribution in [2.45, 2.75) is 56.9 Å². The third-order valence-corrected chi connectivity index (χ3v) is 4.93. The molecule has 118 valence electrons. The van der Waals surface area contributed by atoms with Gasteiger partial charge in [0.1, 0.15) is 9.88 Å². The topological polar surface area (TPSA) is 85.1 Å². The van der Waals surface area contributed by atoms with Gasteiger partial charge in [-0.05, 0) is 25.5 Å². The number of nitrogens with one attached hydrogen (secondary N) is 1. The zero-order valence-corrected chi connectivity index (χ0v) is 14.1. The van der Waals surface area contributed by atoms with Crippen molar-refractivity contribution in [3.05, 3.63) is 24.0 Å². The van der Waals surface area contributed by atoms with Crippen molar-refractivity contribution in [1.29, 1.82) is 0 Å². The second-order valence-corrected chi connectivity index (χ2v) is 7.27. The Kier molecular flexibility index (Phi) is 7.21. The Balaban J connectivity index is 2.62. The summed E-state index contributed by atoms with van der Waals surface area (Å²) in [6, 6.07) is 2.89. The molecule has 1 aromatic heterocycles. The van der Waals surface area contributed by atoms with Crippen LogP contribution in [0.25, 0.3) is 0 Å². The van der Waals surface area contributed by atoms with E-state index >= 15 is 0 Å². The molecule has 21 heavy (non-hydrogen) atoms. The van der Waals surface area contributed by atoms with Crippen molar-refractivity contribution in [1.82, 2.24) is 9.71 Å². The van der Waals surface area contributed by atoms with Crippen molar-refractivity contribution < 1.29 is 8.42 Å². The molecule has 7 heteroatoms. The van der Waals surface area contributed by atoms with E-state index < -0.39 is 10.0 Å². The summed E-state index contributed by atoms with van der Waals surface area (Å²) in [6.07, 6.45) is 6.62. The molecule has 0 amide bonds. The summed E-state index contributed by atoms with van der Waals surface area (Å²) >= 11 is 4.79. The largest absolute Gasteiger partial charge is 0.388 e. The Morgan fingerprint density at radius 2 is 2.10 bits per heavy atom. The maximum Gasteiger partial charge on any atom is 0.242 e. The Bertz CT molecular complexity index is 556. The van der Waals surface area contributed by atoms with Crippen LogP contribution in [0.5, 0.6) is 0 Å². The predicted molar refractivity (Wildman–Crippen MR) is 88.7 cm³/mol. The van der Waals surface area contributed by atoms with Gasteiger partial charge in [-0.25, -0.2) is 13.1 Å². The molecule has 1 rings (SSSR count). The average molecular weight is 329 g/mol. The highest BCUT2D eigenvalue weighted by Crippen LogP contribution is 2.11. The Hall–Kier alpha value is -1.05. The summed E-state index contributed by atoms with van der Waals surface area (Å²) in [5.41, 5.74) is 5.85. The van der Waals surface area contributed by atoms with Crippen LogP contribution >= 0.6 is 12.2 Å². The van der Waals surface area contributed by atoms with E-state index in [2.05, 4.69) is 16.6 Å². The highest BCUT2D eigenvalue weighted by Gasteiger charge is 2.17. The first-order chi connectivity index (χ1) is 9.86. The van der Waals surface area contributed by atoms with Crippen molar-refractivity contribution in [2.24, 2.45) is 5.73 Å². The number of rotatable bonds is 9. The van der Waals surface area contributed by atoms with Gasteiger partial charge in [0, 0.05) is 12.2 Å². The van der Waals surface area contributed by atoms with Crippen LogP contribution in [0, 0.1) is 0 Å². The van der Waals surface area contributed by atoms with Gasteiger partial charge in [0.25, 0.3) is 0 Å². The SMILES string of the molecule is CCCCCCC(C)NS(=O)(=O)c1ccc(C(N)=S)nc1. The van der Waals surface area contributed by atoms with E-state index in [0.29, 0.717) is 5.69 Å². The molecule has 0 spiro atoms. The van der Waals surface area contributed by atoms with E-state index in [1.807, 2.05) is 6.92 Å². The number of thiocarbonyl (C=S) groups is 1. The van der Waals surface area contributed by atoms with Gasteiger partial charge in [-0.3, -0.25) is 4.98 Å². The molecule has 0 aliphatic carbocycles. The maximum atomic E-state index is 12.2. The average Bonchev–Trinajstić information content (AvgIpc) is 2.43. The molecular formula is C14H23N3O2S2. The number of hydrogen-bond acceptors (Lipinski definition) is 4. The van der Waals surface area contributed by atoms with Crippen LogP contribution in [0.1, 0.15) is 51.6 Å². The van der Waals surface area contributed by atoms with Gasteiger partial charge in [-0.2, -0.15) is 0 Å². The number of pyridine rings is 1. The molecule has 0 saturated carbocycles. The summed E-state index contributed by atoms with van der Waals surface area (Å²) in [4.78, 5) is 4.23. The highest BCUT2D eigenvalue weighted by atomic mass is 32.2. The fraction of sp³-hybridized carbons (Fsp3) is 0.571. The van der Waals surface area contributed by atoms with Crippen molar-refractivity contribution in [2.75, 3.05) is 0 Å². The number of nitrogens with zero attached hydrogens (tertiary/aromatic N) is 1. The molecule has 0 radical (unpaired) electrons. The lowest BCUT2D eigenvalue weighted by atomic mass is 10.1. The molecule has 0 aromatic carbocycles. The predicted octanol–water partition coefficient (Wildman–Crippen LogP) is 2.35. The second-order valence-electron chi connectivity index (χ2n) is 5.12. The molecule has 1 heterocycles. The van der Waals surface area contributed by atoms with Crippen LogP contribution in [-0.4, -0.2) is 24.4 Å². The van der Waals surface area contributed by atoms with Gasteiger partial charge < -0.3 is 5.73 Å². The van der Waals surface area contributed by atoms with Crippen molar-refractivity contribution >= 4 is 27.2 Å². The molecule has 0 saturated heterocycles. The van der Waals surface area contributed by atoms with Gasteiger partial charge in [0.2, 0.25) is 10.0 Å². The molecule has 0 aliphatic rings. The summed E-state index contributed by atoms with van der Waals surface area (Å²) in [5.74, 6) is 0. The van der Waals surface area contributed by atoms with E-state index in [1.54, 1.807) is 0 Å². The first-order valence-corrected chi connectivity index (χ1v) is 9.04. The Morgan fingerprint density at radius 3 is 2.62 bits per heavy atom. The first-order valence-electron chi connectivity index (χ1n) is 7.15. The third kappa shape index (κ3) is 6.07. The van der Waals surface area contributed by atoms with Crippen LogP contribution in [0.3, 0.4) is 0 Å². The summed E-state index contributed by atoms with van der Waals surface area (Å²) < 4.78 is 27.1. The van der Waals surface area contributed by atoms with Crippen molar-refractivity contribution in [3.63, 3.8) is 0 Å². The molecule has 1 unspecified atom stereocenters. The first kappa shape index (κ1) is 18.0. The number of sulfonamides is 1. The highest BCUT2D eigenvalue weighted by molar-refractivity contribution is 7.89. The fourth-order valence-electron chi connectivity index (χ4n) is 1.95. The lowest BCUT2D eigenvalue weighted by molar-refractivity contribution is 0.521. The number of nitrogens with two attached hydrogens (primary N) is 1. The quantitative estimate of drug-likeness (QED) is 0.536. The summed E-state index contributed by atoms with van der Waals surface area (Å²) in [5, 5.41) is 0. The zero-order chi connectivity index (χ0) is 15.9. The molecule has 5 nitrogen and oxygen atoms in total. The van der Waals surface area contributed by atoms with E-state index in [-0.39, 0.29) is 15.9 Å². The summed E-state index contributed by atoms with van der Waals surface area (Å²) in [6.45, 7) is 4.02. The molecule has 0 fully saturated rings. The van der Waals surface area contributed by atoms with Gasteiger partial charge in [0.05, 0.1) is 5.69 Å². The smallest absolute Gasteiger partial charge is 0.242 e. The van der Waals surface area contributed by atoms with E-state index in [4.69, 9.17) is 18.0 Å². The minimum absolute atomic E-state index is 0.0953. The minimum Gasteiger partial charge on any atom is -0.388 e. The summed E-state index contributed by atoms with van der Waals surface area (Å²) in [7, 11) is -3.54. The van der Waals surface area contributed by atoms with Crippen LogP contribution < -0.4 is 10.5 Å². The van der Waals surface area contributed by atoms with Gasteiger partial charge in [-0.1, -0.05) is 44.8 Å². The lowest BCUT2D eigenvalue weighted by Crippen LogP contribution is -2.32. The van der Waals surface area contributed by atoms with Crippen LogP contribution in [0.4, 0.5) is 0 Å². The number of unbranched alkanes of at least 4 members (excludes halogenated alkanes) is 3. The minimum atomic E-state index is -3.54. The van der Waals surface area contributed by atoms with E-state index in [9.17, 15) is 8.42 Å². The fourth-order valence-corrected chi connectivity index (χ4v) is 3.30. The van der Waals surface area contributed by atoms with Gasteiger partial charge in [-0.15, -0.1) is 0 Å². The Morgan fingerprint density at radius 1 is 1.38 bits per heavy atom. The van der Waals surface area contributed by atoms with Crippen LogP contribution in [-0.2, 0) is 10.0 Å². The molecule has 1 atom stereocenters. The normalized spacial score (nSPS) is 13.0. The number of hydrogen-bond donors (Lipinski definition) is 2. The maximum absolute atomic E-state index is 12.2. The number of aromatic nitrogens is 1. The zero-order valence-electron chi connectivity index (χ0n) is 12.5. The molecule has 1 aromatic rings. The Labute approximate surface area is 132 Å². The standard InChI is InChI=1S/C14H23N3O2S2/c1-3-4-5-6-7-11(2)17-21(18,19)12-8-9-13(14(15)20)16-10-12/h8-11,17H,3-7H2,1-2H3,(H2,15,20). The van der Waals surface area contributed by atoms with E-state index in [1.165, 1.54) is 31.2 Å². The third-order valence-electron chi connectivity index (χ3n) is 3.15. The molecule has 0 aliphatic heterocycles. The molecule has 0 bridgehead atoms.